The molecule has 2 aromatic rings. The van der Waals surface area contributed by atoms with Crippen molar-refractivity contribution < 1.29 is 13.9 Å². The first-order chi connectivity index (χ1) is 10.0. The number of nitrogen functional groups attached to an aromatic ring is 1. The Morgan fingerprint density at radius 1 is 1.29 bits per heavy atom. The van der Waals surface area contributed by atoms with Gasteiger partial charge in [0.05, 0.1) is 18.8 Å². The molecule has 4 nitrogen and oxygen atoms in total. The van der Waals surface area contributed by atoms with Crippen LogP contribution in [-0.2, 0) is 0 Å². The van der Waals surface area contributed by atoms with E-state index in [0.717, 1.165) is 0 Å². The van der Waals surface area contributed by atoms with Crippen LogP contribution in [0.5, 0.6) is 5.75 Å². The van der Waals surface area contributed by atoms with Gasteiger partial charge in [0, 0.05) is 11.1 Å². The van der Waals surface area contributed by atoms with Gasteiger partial charge in [-0.1, -0.05) is 18.2 Å². The van der Waals surface area contributed by atoms with E-state index in [1.165, 1.54) is 19.2 Å². The van der Waals surface area contributed by atoms with Crippen LogP contribution in [0, 0.1) is 5.82 Å². The van der Waals surface area contributed by atoms with E-state index in [9.17, 15) is 9.18 Å². The Hall–Kier alpha value is -2.56. The summed E-state index contributed by atoms with van der Waals surface area (Å²) in [5.41, 5.74) is 6.99. The topological polar surface area (TPSA) is 64.3 Å². The molecule has 0 saturated carbocycles. The van der Waals surface area contributed by atoms with Crippen molar-refractivity contribution >= 4 is 11.6 Å². The normalized spacial score (nSPS) is 11.8. The third-order valence-electron chi connectivity index (χ3n) is 3.21. The van der Waals surface area contributed by atoms with Crippen molar-refractivity contribution in [3.05, 3.63) is 59.4 Å². The maximum Gasteiger partial charge on any atom is 0.251 e. The maximum atomic E-state index is 13.7. The fraction of sp³-hybridized carbons (Fsp3) is 0.188. The lowest BCUT2D eigenvalue weighted by Gasteiger charge is -2.15. The summed E-state index contributed by atoms with van der Waals surface area (Å²) >= 11 is 0. The summed E-state index contributed by atoms with van der Waals surface area (Å²) in [7, 11) is 1.51. The fourth-order valence-electron chi connectivity index (χ4n) is 2.06. The number of anilines is 1. The number of halogens is 1. The highest BCUT2D eigenvalue weighted by atomic mass is 19.1. The molecule has 1 amide bonds. The highest BCUT2D eigenvalue weighted by molar-refractivity contribution is 5.95. The monoisotopic (exact) mass is 288 g/mol. The van der Waals surface area contributed by atoms with Gasteiger partial charge in [0.2, 0.25) is 0 Å². The van der Waals surface area contributed by atoms with Crippen LogP contribution < -0.4 is 15.8 Å². The zero-order valence-electron chi connectivity index (χ0n) is 11.9. The van der Waals surface area contributed by atoms with E-state index in [2.05, 4.69) is 5.32 Å². The molecule has 5 heteroatoms. The van der Waals surface area contributed by atoms with Crippen LogP contribution in [0.15, 0.2) is 42.5 Å². The van der Waals surface area contributed by atoms with Crippen molar-refractivity contribution in [2.75, 3.05) is 12.8 Å². The molecule has 0 radical (unpaired) electrons. The number of nitrogens with one attached hydrogen (secondary N) is 1. The SMILES string of the molecule is COc1ccc(C(=O)NC(C)c2ccccc2F)cc1N. The molecule has 1 atom stereocenters. The molecule has 0 spiro atoms. The second-order valence-electron chi connectivity index (χ2n) is 4.67. The number of methoxy groups -OCH3 is 1. The van der Waals surface area contributed by atoms with Gasteiger partial charge < -0.3 is 15.8 Å². The minimum atomic E-state index is -0.443. The van der Waals surface area contributed by atoms with Crippen LogP contribution in [0.4, 0.5) is 10.1 Å². The van der Waals surface area contributed by atoms with Gasteiger partial charge in [0.1, 0.15) is 11.6 Å². The van der Waals surface area contributed by atoms with Crippen LogP contribution in [0.3, 0.4) is 0 Å². The number of hydrogen-bond donors (Lipinski definition) is 2. The Balaban J connectivity index is 2.14. The van der Waals surface area contributed by atoms with Gasteiger partial charge in [-0.2, -0.15) is 0 Å². The van der Waals surface area contributed by atoms with Crippen molar-refractivity contribution in [1.82, 2.24) is 5.32 Å². The number of rotatable bonds is 4. The summed E-state index contributed by atoms with van der Waals surface area (Å²) in [6, 6.07) is 10.7. The van der Waals surface area contributed by atoms with Gasteiger partial charge in [-0.05, 0) is 31.2 Å². The molecule has 21 heavy (non-hydrogen) atoms. The molecule has 2 aromatic carbocycles. The lowest BCUT2D eigenvalue weighted by atomic mass is 10.1. The van der Waals surface area contributed by atoms with Crippen LogP contribution >= 0.6 is 0 Å². The van der Waals surface area contributed by atoms with Gasteiger partial charge in [0.25, 0.3) is 5.91 Å². The van der Waals surface area contributed by atoms with E-state index in [0.29, 0.717) is 22.6 Å². The van der Waals surface area contributed by atoms with Crippen LogP contribution in [0.25, 0.3) is 0 Å². The van der Waals surface area contributed by atoms with Crippen LogP contribution in [0.1, 0.15) is 28.9 Å². The highest BCUT2D eigenvalue weighted by Gasteiger charge is 2.15. The van der Waals surface area contributed by atoms with Crippen LogP contribution in [0.2, 0.25) is 0 Å². The Morgan fingerprint density at radius 3 is 2.62 bits per heavy atom. The molecule has 0 aliphatic rings. The van der Waals surface area contributed by atoms with Crippen molar-refractivity contribution in [2.45, 2.75) is 13.0 Å². The average molecular weight is 288 g/mol. The Morgan fingerprint density at radius 2 is 2.00 bits per heavy atom. The molecule has 110 valence electrons. The summed E-state index contributed by atoms with van der Waals surface area (Å²) in [5.74, 6) is -0.159. The van der Waals surface area contributed by atoms with E-state index < -0.39 is 6.04 Å². The second-order valence-corrected chi connectivity index (χ2v) is 4.67. The number of nitrogens with two attached hydrogens (primary N) is 1. The second kappa shape index (κ2) is 6.26. The van der Waals surface area contributed by atoms with Gasteiger partial charge in [-0.15, -0.1) is 0 Å². The van der Waals surface area contributed by atoms with Crippen LogP contribution in [-0.4, -0.2) is 13.0 Å². The molecule has 1 unspecified atom stereocenters. The first kappa shape index (κ1) is 14.8. The molecule has 0 aliphatic heterocycles. The summed E-state index contributed by atoms with van der Waals surface area (Å²) in [5, 5.41) is 2.74. The number of hydrogen-bond acceptors (Lipinski definition) is 3. The Kier molecular flexibility index (Phi) is 4.42. The zero-order chi connectivity index (χ0) is 15.4. The summed E-state index contributed by atoms with van der Waals surface area (Å²) in [6.45, 7) is 1.73. The van der Waals surface area contributed by atoms with Crippen molar-refractivity contribution in [2.24, 2.45) is 0 Å². The molecule has 0 aromatic heterocycles. The maximum absolute atomic E-state index is 13.7. The lowest BCUT2D eigenvalue weighted by Crippen LogP contribution is -2.27. The van der Waals surface area contributed by atoms with Gasteiger partial charge in [0.15, 0.2) is 0 Å². The molecular formula is C16H17FN2O2. The van der Waals surface area contributed by atoms with Crippen molar-refractivity contribution in [3.63, 3.8) is 0 Å². The quantitative estimate of drug-likeness (QED) is 0.850. The summed E-state index contributed by atoms with van der Waals surface area (Å²) in [4.78, 5) is 12.2. The Bertz CT molecular complexity index is 658. The first-order valence-corrected chi connectivity index (χ1v) is 6.51. The average Bonchev–Trinajstić information content (AvgIpc) is 2.47. The van der Waals surface area contributed by atoms with E-state index in [1.54, 1.807) is 37.3 Å². The van der Waals surface area contributed by atoms with E-state index >= 15 is 0 Å². The highest BCUT2D eigenvalue weighted by Crippen LogP contribution is 2.22. The molecule has 0 fully saturated rings. The number of carbonyl (C=O) groups is 1. The van der Waals surface area contributed by atoms with E-state index in [4.69, 9.17) is 10.5 Å². The zero-order valence-corrected chi connectivity index (χ0v) is 11.9. The lowest BCUT2D eigenvalue weighted by molar-refractivity contribution is 0.0939. The summed E-state index contributed by atoms with van der Waals surface area (Å²) < 4.78 is 18.7. The molecule has 0 saturated heterocycles. The minimum Gasteiger partial charge on any atom is -0.495 e. The smallest absolute Gasteiger partial charge is 0.251 e. The largest absolute Gasteiger partial charge is 0.495 e. The predicted octanol–water partition coefficient (Wildman–Crippen LogP) is 2.91. The number of amides is 1. The van der Waals surface area contributed by atoms with Gasteiger partial charge >= 0.3 is 0 Å². The van der Waals surface area contributed by atoms with E-state index in [1.807, 2.05) is 0 Å². The predicted molar refractivity (Wildman–Crippen MR) is 79.7 cm³/mol. The van der Waals surface area contributed by atoms with Crippen molar-refractivity contribution in [1.29, 1.82) is 0 Å². The molecule has 2 rings (SSSR count). The molecule has 0 aliphatic carbocycles. The molecule has 0 bridgehead atoms. The molecule has 3 N–H and O–H groups in total. The molecular weight excluding hydrogens is 271 g/mol. The first-order valence-electron chi connectivity index (χ1n) is 6.51. The summed E-state index contributed by atoms with van der Waals surface area (Å²) in [6.07, 6.45) is 0. The number of benzene rings is 2. The number of carbonyl (C=O) groups excluding carboxylic acids is 1. The number of ether oxygens (including phenoxy) is 1. The minimum absolute atomic E-state index is 0.319. The Labute approximate surface area is 122 Å². The van der Waals surface area contributed by atoms with E-state index in [-0.39, 0.29) is 11.7 Å². The van der Waals surface area contributed by atoms with Gasteiger partial charge in [-0.25, -0.2) is 4.39 Å². The standard InChI is InChI=1S/C16H17FN2O2/c1-10(12-5-3-4-6-13(12)17)19-16(20)11-7-8-15(21-2)14(18)9-11/h3-10H,18H2,1-2H3,(H,19,20). The third kappa shape index (κ3) is 3.31. The van der Waals surface area contributed by atoms with Gasteiger partial charge in [-0.3, -0.25) is 4.79 Å². The van der Waals surface area contributed by atoms with Crippen molar-refractivity contribution in [3.8, 4) is 5.75 Å². The fourth-order valence-corrected chi connectivity index (χ4v) is 2.06. The third-order valence-corrected chi connectivity index (χ3v) is 3.21. The molecule has 0 heterocycles.